The van der Waals surface area contributed by atoms with Crippen LogP contribution in [0.3, 0.4) is 0 Å². The van der Waals surface area contributed by atoms with Crippen molar-refractivity contribution in [3.05, 3.63) is 45.8 Å². The molecule has 0 fully saturated rings. The molecule has 2 rings (SSSR count). The Morgan fingerprint density at radius 1 is 1.20 bits per heavy atom. The van der Waals surface area contributed by atoms with Gasteiger partial charge in [0.25, 0.3) is 5.91 Å². The molecule has 0 unspecified atom stereocenters. The third kappa shape index (κ3) is 2.40. The molecular weight excluding hydrogens is 262 g/mol. The van der Waals surface area contributed by atoms with E-state index in [4.69, 9.17) is 4.42 Å². The molecule has 0 saturated carbocycles. The normalized spacial score (nSPS) is 10.8. The highest BCUT2D eigenvalue weighted by Gasteiger charge is 2.21. The first kappa shape index (κ1) is 13.8. The third-order valence-corrected chi connectivity index (χ3v) is 2.66. The lowest BCUT2D eigenvalue weighted by atomic mass is 10.0. The van der Waals surface area contributed by atoms with Crippen molar-refractivity contribution >= 4 is 22.8 Å². The van der Waals surface area contributed by atoms with E-state index in [1.54, 1.807) is 26.0 Å². The summed E-state index contributed by atoms with van der Waals surface area (Å²) in [6.07, 6.45) is 0. The Labute approximate surface area is 114 Å². The number of para-hydroxylation sites is 1. The molecule has 1 aromatic heterocycles. The summed E-state index contributed by atoms with van der Waals surface area (Å²) in [7, 11) is 0. The van der Waals surface area contributed by atoms with Gasteiger partial charge in [-0.2, -0.15) is 0 Å². The summed E-state index contributed by atoms with van der Waals surface area (Å²) in [6.45, 7) is 3.45. The molecule has 2 aromatic rings. The minimum absolute atomic E-state index is 0.149. The van der Waals surface area contributed by atoms with Crippen LogP contribution in [0.5, 0.6) is 0 Å². The number of nitrogens with one attached hydrogen (secondary N) is 1. The molecule has 1 heterocycles. The first-order chi connectivity index (χ1) is 9.41. The van der Waals surface area contributed by atoms with E-state index in [1.165, 1.54) is 12.1 Å². The minimum atomic E-state index is -1.74. The summed E-state index contributed by atoms with van der Waals surface area (Å²) >= 11 is 0. The van der Waals surface area contributed by atoms with Crippen LogP contribution in [-0.4, -0.2) is 17.9 Å². The van der Waals surface area contributed by atoms with Crippen LogP contribution in [0.1, 0.15) is 34.6 Å². The SMILES string of the molecule is CC(C)NC(=O)c1c(C(=O)[O-])c(=O)oc2ccccc12. The highest BCUT2D eigenvalue weighted by atomic mass is 16.4. The van der Waals surface area contributed by atoms with Crippen LogP contribution in [-0.2, 0) is 0 Å². The zero-order valence-corrected chi connectivity index (χ0v) is 10.9. The molecule has 0 radical (unpaired) electrons. The van der Waals surface area contributed by atoms with Crippen molar-refractivity contribution in [3.63, 3.8) is 0 Å². The van der Waals surface area contributed by atoms with Gasteiger partial charge in [0.15, 0.2) is 0 Å². The van der Waals surface area contributed by atoms with E-state index < -0.39 is 23.1 Å². The Kier molecular flexibility index (Phi) is 3.56. The predicted octanol–water partition coefficient (Wildman–Crippen LogP) is 0.295. The molecule has 0 aliphatic heterocycles. The second kappa shape index (κ2) is 5.16. The number of carbonyl (C=O) groups is 2. The second-order valence-corrected chi connectivity index (χ2v) is 4.55. The molecule has 0 bridgehead atoms. The van der Waals surface area contributed by atoms with E-state index in [0.29, 0.717) is 0 Å². The molecule has 104 valence electrons. The Bertz CT molecular complexity index is 745. The number of aromatic carboxylic acids is 1. The van der Waals surface area contributed by atoms with Crippen LogP contribution in [0, 0.1) is 0 Å². The molecular formula is C14H12NO5-. The van der Waals surface area contributed by atoms with E-state index in [1.807, 2.05) is 0 Å². The van der Waals surface area contributed by atoms with Crippen LogP contribution in [0.25, 0.3) is 11.0 Å². The fourth-order valence-electron chi connectivity index (χ4n) is 1.91. The van der Waals surface area contributed by atoms with Gasteiger partial charge in [0, 0.05) is 11.4 Å². The number of benzene rings is 1. The lowest BCUT2D eigenvalue weighted by Crippen LogP contribution is -2.36. The molecule has 0 spiro atoms. The average Bonchev–Trinajstić information content (AvgIpc) is 2.35. The van der Waals surface area contributed by atoms with Crippen molar-refractivity contribution < 1.29 is 19.1 Å². The predicted molar refractivity (Wildman–Crippen MR) is 69.4 cm³/mol. The number of carboxylic acid groups (broad SMARTS) is 1. The van der Waals surface area contributed by atoms with E-state index >= 15 is 0 Å². The van der Waals surface area contributed by atoms with E-state index in [0.717, 1.165) is 0 Å². The second-order valence-electron chi connectivity index (χ2n) is 4.55. The van der Waals surface area contributed by atoms with Gasteiger partial charge in [0.2, 0.25) is 0 Å². The summed E-state index contributed by atoms with van der Waals surface area (Å²) in [5, 5.41) is 13.9. The van der Waals surface area contributed by atoms with Gasteiger partial charge in [-0.1, -0.05) is 18.2 Å². The quantitative estimate of drug-likeness (QED) is 0.811. The first-order valence-corrected chi connectivity index (χ1v) is 6.00. The summed E-state index contributed by atoms with van der Waals surface area (Å²) in [5.74, 6) is -2.39. The smallest absolute Gasteiger partial charge is 0.346 e. The molecule has 0 atom stereocenters. The van der Waals surface area contributed by atoms with Crippen molar-refractivity contribution in [2.45, 2.75) is 19.9 Å². The standard InChI is InChI=1S/C14H13NO5/c1-7(2)15-12(16)10-8-5-3-4-6-9(8)20-14(19)11(10)13(17)18/h3-7H,1-2H3,(H,15,16)(H,17,18)/p-1. The molecule has 0 saturated heterocycles. The molecule has 1 aromatic carbocycles. The Morgan fingerprint density at radius 3 is 2.45 bits per heavy atom. The van der Waals surface area contributed by atoms with E-state index in [-0.39, 0.29) is 22.6 Å². The number of carboxylic acids is 1. The van der Waals surface area contributed by atoms with Crippen molar-refractivity contribution in [3.8, 4) is 0 Å². The zero-order valence-electron chi connectivity index (χ0n) is 10.9. The van der Waals surface area contributed by atoms with E-state index in [2.05, 4.69) is 5.32 Å². The number of hydrogen-bond acceptors (Lipinski definition) is 5. The molecule has 6 nitrogen and oxygen atoms in total. The van der Waals surface area contributed by atoms with Gasteiger partial charge < -0.3 is 19.6 Å². The number of hydrogen-bond donors (Lipinski definition) is 1. The molecule has 0 aliphatic rings. The van der Waals surface area contributed by atoms with Gasteiger partial charge in [0.05, 0.1) is 17.1 Å². The first-order valence-electron chi connectivity index (χ1n) is 6.00. The van der Waals surface area contributed by atoms with Crippen molar-refractivity contribution in [1.29, 1.82) is 0 Å². The number of carbonyl (C=O) groups excluding carboxylic acids is 2. The van der Waals surface area contributed by atoms with Crippen LogP contribution in [0.2, 0.25) is 0 Å². The molecule has 6 heteroatoms. The van der Waals surface area contributed by atoms with Crippen LogP contribution in [0.15, 0.2) is 33.5 Å². The lowest BCUT2D eigenvalue weighted by molar-refractivity contribution is -0.255. The van der Waals surface area contributed by atoms with Gasteiger partial charge in [-0.05, 0) is 19.9 Å². The summed E-state index contributed by atoms with van der Waals surface area (Å²) < 4.78 is 4.89. The maximum Gasteiger partial charge on any atom is 0.346 e. The summed E-state index contributed by atoms with van der Waals surface area (Å²) in [6, 6.07) is 6.03. The summed E-state index contributed by atoms with van der Waals surface area (Å²) in [4.78, 5) is 35.0. The molecule has 20 heavy (non-hydrogen) atoms. The maximum absolute atomic E-state index is 12.2. The van der Waals surface area contributed by atoms with Gasteiger partial charge in [-0.25, -0.2) is 4.79 Å². The van der Waals surface area contributed by atoms with Crippen LogP contribution < -0.4 is 16.0 Å². The third-order valence-electron chi connectivity index (χ3n) is 2.66. The van der Waals surface area contributed by atoms with Crippen molar-refractivity contribution in [2.75, 3.05) is 0 Å². The Hall–Kier alpha value is -2.63. The highest BCUT2D eigenvalue weighted by molar-refractivity contribution is 6.12. The van der Waals surface area contributed by atoms with Gasteiger partial charge >= 0.3 is 5.63 Å². The van der Waals surface area contributed by atoms with Crippen LogP contribution in [0.4, 0.5) is 0 Å². The van der Waals surface area contributed by atoms with Gasteiger partial charge in [-0.15, -0.1) is 0 Å². The summed E-state index contributed by atoms with van der Waals surface area (Å²) in [5.41, 5.74) is -1.94. The number of rotatable bonds is 3. The van der Waals surface area contributed by atoms with E-state index in [9.17, 15) is 19.5 Å². The average molecular weight is 274 g/mol. The molecule has 1 amide bonds. The highest BCUT2D eigenvalue weighted by Crippen LogP contribution is 2.19. The number of fused-ring (bicyclic) bond motifs is 1. The topological polar surface area (TPSA) is 99.4 Å². The molecule has 1 N–H and O–H groups in total. The minimum Gasteiger partial charge on any atom is -0.545 e. The molecule has 0 aliphatic carbocycles. The fraction of sp³-hybridized carbons (Fsp3) is 0.214. The largest absolute Gasteiger partial charge is 0.545 e. The number of amides is 1. The Morgan fingerprint density at radius 2 is 1.85 bits per heavy atom. The van der Waals surface area contributed by atoms with Gasteiger partial charge in [0.1, 0.15) is 5.58 Å². The zero-order chi connectivity index (χ0) is 14.9. The maximum atomic E-state index is 12.2. The lowest BCUT2D eigenvalue weighted by Gasteiger charge is -2.13. The van der Waals surface area contributed by atoms with Crippen molar-refractivity contribution in [1.82, 2.24) is 5.32 Å². The van der Waals surface area contributed by atoms with Crippen LogP contribution >= 0.6 is 0 Å². The Balaban J connectivity index is 2.82. The monoisotopic (exact) mass is 274 g/mol. The van der Waals surface area contributed by atoms with Gasteiger partial charge in [-0.3, -0.25) is 4.79 Å². The van der Waals surface area contributed by atoms with Crippen molar-refractivity contribution in [2.24, 2.45) is 0 Å². The fourth-order valence-corrected chi connectivity index (χ4v) is 1.91.